The Morgan fingerprint density at radius 1 is 0.560 bits per heavy atom. The number of fused-ring (bicyclic) bond motifs is 2. The largest absolute Gasteiger partial charge is 0.240 e. The van der Waals surface area contributed by atoms with E-state index in [2.05, 4.69) is 66.7 Å². The van der Waals surface area contributed by atoms with Gasteiger partial charge in [0.15, 0.2) is 0 Å². The first-order valence-corrected chi connectivity index (χ1v) is 9.78. The van der Waals surface area contributed by atoms with Crippen LogP contribution in [0.5, 0.6) is 0 Å². The Morgan fingerprint density at radius 3 is 1.56 bits per heavy atom. The second-order valence-electron chi connectivity index (χ2n) is 5.88. The Kier molecular flexibility index (Phi) is 3.58. The molecule has 0 aliphatic carbocycles. The lowest BCUT2D eigenvalue weighted by molar-refractivity contribution is 0.949. The predicted molar refractivity (Wildman–Crippen MR) is 107 cm³/mol. The summed E-state index contributed by atoms with van der Waals surface area (Å²) in [5, 5.41) is 2.21. The van der Waals surface area contributed by atoms with Crippen molar-refractivity contribution >= 4 is 43.1 Å². The van der Waals surface area contributed by atoms with Gasteiger partial charge in [-0.15, -0.1) is 22.7 Å². The first-order valence-electron chi connectivity index (χ1n) is 8.14. The van der Waals surface area contributed by atoms with E-state index in [0.717, 1.165) is 21.0 Å². The Hall–Kier alpha value is -2.56. The van der Waals surface area contributed by atoms with Crippen molar-refractivity contribution in [3.8, 4) is 0 Å². The third-order valence-electron chi connectivity index (χ3n) is 4.25. The van der Waals surface area contributed by atoms with Crippen LogP contribution in [0, 0.1) is 0 Å². The van der Waals surface area contributed by atoms with Crippen molar-refractivity contribution in [3.05, 3.63) is 94.4 Å². The molecule has 25 heavy (non-hydrogen) atoms. The molecule has 0 amide bonds. The van der Waals surface area contributed by atoms with Gasteiger partial charge in [0.05, 0.1) is 26.4 Å². The summed E-state index contributed by atoms with van der Waals surface area (Å²) in [5.74, 6) is 0.0796. The van der Waals surface area contributed by atoms with Gasteiger partial charge in [0.25, 0.3) is 0 Å². The van der Waals surface area contributed by atoms with Crippen molar-refractivity contribution < 1.29 is 0 Å². The summed E-state index contributed by atoms with van der Waals surface area (Å²) >= 11 is 3.52. The molecule has 0 N–H and O–H groups in total. The molecule has 0 bridgehead atoms. The maximum atomic E-state index is 4.92. The molecule has 0 spiro atoms. The van der Waals surface area contributed by atoms with Crippen LogP contribution in [-0.4, -0.2) is 9.97 Å². The van der Waals surface area contributed by atoms with Crippen LogP contribution in [0.15, 0.2) is 78.9 Å². The molecular formula is C21H14N2S2. The van der Waals surface area contributed by atoms with E-state index in [9.17, 15) is 0 Å². The second kappa shape index (κ2) is 6.06. The Morgan fingerprint density at radius 2 is 1.04 bits per heavy atom. The zero-order valence-electron chi connectivity index (χ0n) is 13.3. The zero-order chi connectivity index (χ0) is 16.6. The van der Waals surface area contributed by atoms with Gasteiger partial charge in [-0.25, -0.2) is 9.97 Å². The minimum absolute atomic E-state index is 0.0796. The average Bonchev–Trinajstić information content (AvgIpc) is 3.26. The van der Waals surface area contributed by atoms with E-state index in [-0.39, 0.29) is 5.92 Å². The highest BCUT2D eigenvalue weighted by atomic mass is 32.1. The highest BCUT2D eigenvalue weighted by molar-refractivity contribution is 7.20. The molecular weight excluding hydrogens is 344 g/mol. The van der Waals surface area contributed by atoms with Crippen molar-refractivity contribution in [2.75, 3.05) is 0 Å². The standard InChI is InChI=1S/C21H14N2S2/c1-2-8-14(9-3-1)19(20-22-15-10-4-6-12-17(15)24-20)21-23-16-11-5-7-13-18(16)25-21/h1-13,19H. The van der Waals surface area contributed by atoms with Crippen LogP contribution in [0.4, 0.5) is 0 Å². The van der Waals surface area contributed by atoms with Crippen LogP contribution in [-0.2, 0) is 0 Å². The lowest BCUT2D eigenvalue weighted by Gasteiger charge is -2.11. The lowest BCUT2D eigenvalue weighted by atomic mass is 10.0. The average molecular weight is 358 g/mol. The third-order valence-corrected chi connectivity index (χ3v) is 6.45. The first-order chi connectivity index (χ1) is 12.4. The Bertz CT molecular complexity index is 1020. The highest BCUT2D eigenvalue weighted by Gasteiger charge is 2.24. The molecule has 0 radical (unpaired) electrons. The van der Waals surface area contributed by atoms with Gasteiger partial charge in [-0.3, -0.25) is 0 Å². The number of rotatable bonds is 3. The molecule has 5 aromatic rings. The predicted octanol–water partition coefficient (Wildman–Crippen LogP) is 6.09. The molecule has 5 rings (SSSR count). The summed E-state index contributed by atoms with van der Waals surface area (Å²) in [6.07, 6.45) is 0. The SMILES string of the molecule is c1ccc(C(c2nc3ccccc3s2)c2nc3ccccc3s2)cc1. The molecule has 0 aliphatic heterocycles. The van der Waals surface area contributed by atoms with E-state index in [1.165, 1.54) is 15.0 Å². The van der Waals surface area contributed by atoms with Crippen molar-refractivity contribution in [1.82, 2.24) is 9.97 Å². The highest BCUT2D eigenvalue weighted by Crippen LogP contribution is 2.39. The molecule has 2 heterocycles. The quantitative estimate of drug-likeness (QED) is 0.390. The fraction of sp³-hybridized carbons (Fsp3) is 0.0476. The van der Waals surface area contributed by atoms with Gasteiger partial charge in [0, 0.05) is 0 Å². The Balaban J connectivity index is 1.73. The molecule has 0 atom stereocenters. The fourth-order valence-electron chi connectivity index (χ4n) is 3.06. The number of aromatic nitrogens is 2. The van der Waals surface area contributed by atoms with E-state index >= 15 is 0 Å². The van der Waals surface area contributed by atoms with Gasteiger partial charge in [-0.2, -0.15) is 0 Å². The van der Waals surface area contributed by atoms with Gasteiger partial charge in [0.2, 0.25) is 0 Å². The molecule has 4 heteroatoms. The number of thiazole rings is 2. The lowest BCUT2D eigenvalue weighted by Crippen LogP contribution is -2.02. The number of benzene rings is 3. The number of hydrogen-bond donors (Lipinski definition) is 0. The number of para-hydroxylation sites is 2. The second-order valence-corrected chi connectivity index (χ2v) is 8.01. The molecule has 0 unspecified atom stereocenters. The molecule has 120 valence electrons. The van der Waals surface area contributed by atoms with Gasteiger partial charge < -0.3 is 0 Å². The summed E-state index contributed by atoms with van der Waals surface area (Å²) in [7, 11) is 0. The van der Waals surface area contributed by atoms with Gasteiger partial charge in [-0.05, 0) is 29.8 Å². The smallest absolute Gasteiger partial charge is 0.108 e. The van der Waals surface area contributed by atoms with Crippen LogP contribution in [0.25, 0.3) is 20.4 Å². The molecule has 0 aliphatic rings. The van der Waals surface area contributed by atoms with E-state index in [1.54, 1.807) is 22.7 Å². The van der Waals surface area contributed by atoms with Gasteiger partial charge in [0.1, 0.15) is 10.0 Å². The summed E-state index contributed by atoms with van der Waals surface area (Å²) in [5.41, 5.74) is 3.36. The maximum absolute atomic E-state index is 4.92. The minimum Gasteiger partial charge on any atom is -0.240 e. The van der Waals surface area contributed by atoms with E-state index in [1.807, 2.05) is 12.1 Å². The Labute approximate surface area is 153 Å². The van der Waals surface area contributed by atoms with Crippen molar-refractivity contribution in [1.29, 1.82) is 0 Å². The summed E-state index contributed by atoms with van der Waals surface area (Å²) in [4.78, 5) is 9.84. The summed E-state index contributed by atoms with van der Waals surface area (Å²) in [6, 6.07) is 27.2. The van der Waals surface area contributed by atoms with Gasteiger partial charge in [-0.1, -0.05) is 54.6 Å². The van der Waals surface area contributed by atoms with Crippen LogP contribution in [0.1, 0.15) is 21.5 Å². The van der Waals surface area contributed by atoms with Crippen LogP contribution in [0.3, 0.4) is 0 Å². The van der Waals surface area contributed by atoms with Crippen LogP contribution >= 0.6 is 22.7 Å². The van der Waals surface area contributed by atoms with Crippen LogP contribution < -0.4 is 0 Å². The van der Waals surface area contributed by atoms with E-state index in [0.29, 0.717) is 0 Å². The van der Waals surface area contributed by atoms with Crippen molar-refractivity contribution in [2.24, 2.45) is 0 Å². The molecule has 0 saturated carbocycles. The van der Waals surface area contributed by atoms with Crippen molar-refractivity contribution in [3.63, 3.8) is 0 Å². The number of nitrogens with zero attached hydrogens (tertiary/aromatic N) is 2. The molecule has 2 aromatic heterocycles. The monoisotopic (exact) mass is 358 g/mol. The number of hydrogen-bond acceptors (Lipinski definition) is 4. The fourth-order valence-corrected chi connectivity index (χ4v) is 5.34. The molecule has 0 fully saturated rings. The topological polar surface area (TPSA) is 25.8 Å². The molecule has 0 saturated heterocycles. The zero-order valence-corrected chi connectivity index (χ0v) is 14.9. The molecule has 2 nitrogen and oxygen atoms in total. The first kappa shape index (κ1) is 14.8. The van der Waals surface area contributed by atoms with Crippen molar-refractivity contribution in [2.45, 2.75) is 5.92 Å². The summed E-state index contributed by atoms with van der Waals surface area (Å²) < 4.78 is 2.44. The van der Waals surface area contributed by atoms with Gasteiger partial charge >= 0.3 is 0 Å². The summed E-state index contributed by atoms with van der Waals surface area (Å²) in [6.45, 7) is 0. The minimum atomic E-state index is 0.0796. The van der Waals surface area contributed by atoms with Crippen LogP contribution in [0.2, 0.25) is 0 Å². The maximum Gasteiger partial charge on any atom is 0.108 e. The van der Waals surface area contributed by atoms with E-state index < -0.39 is 0 Å². The van der Waals surface area contributed by atoms with E-state index in [4.69, 9.17) is 9.97 Å². The normalized spacial score (nSPS) is 11.6. The molecule has 3 aromatic carbocycles. The third kappa shape index (κ3) is 2.64.